The number of rotatable bonds is 4. The Bertz CT molecular complexity index is 302. The summed E-state index contributed by atoms with van der Waals surface area (Å²) in [7, 11) is 0. The third-order valence-electron chi connectivity index (χ3n) is 2.89. The van der Waals surface area contributed by atoms with Crippen molar-refractivity contribution in [2.75, 3.05) is 18.1 Å². The second-order valence-corrected chi connectivity index (χ2v) is 6.77. The molecule has 0 aliphatic carbocycles. The quantitative estimate of drug-likeness (QED) is 0.895. The molecule has 1 aliphatic heterocycles. The van der Waals surface area contributed by atoms with Gasteiger partial charge in [0, 0.05) is 33.6 Å². The van der Waals surface area contributed by atoms with Crippen molar-refractivity contribution in [2.45, 2.75) is 30.4 Å². The van der Waals surface area contributed by atoms with E-state index in [0.717, 1.165) is 6.54 Å². The summed E-state index contributed by atoms with van der Waals surface area (Å²) in [6.45, 7) is 5.51. The maximum atomic E-state index is 5.21. The molecular weight excluding hydrogens is 238 g/mol. The number of nitrogens with one attached hydrogen (secondary N) is 1. The zero-order valence-electron chi connectivity index (χ0n) is 9.81. The Morgan fingerprint density at radius 2 is 2.31 bits per heavy atom. The van der Waals surface area contributed by atoms with Crippen LogP contribution in [0.4, 0.5) is 0 Å². The Morgan fingerprint density at radius 3 is 2.94 bits per heavy atom. The molecule has 1 aliphatic rings. The van der Waals surface area contributed by atoms with Gasteiger partial charge < -0.3 is 9.73 Å². The summed E-state index contributed by atoms with van der Waals surface area (Å²) >= 11 is 4.18. The van der Waals surface area contributed by atoms with Gasteiger partial charge in [-0.1, -0.05) is 13.8 Å². The van der Waals surface area contributed by atoms with Crippen molar-refractivity contribution in [3.8, 4) is 0 Å². The smallest absolute Gasteiger partial charge is 0.0950 e. The highest BCUT2D eigenvalue weighted by atomic mass is 32.2. The molecule has 0 aromatic carbocycles. The molecule has 0 amide bonds. The van der Waals surface area contributed by atoms with Gasteiger partial charge in [0.1, 0.15) is 0 Å². The van der Waals surface area contributed by atoms with Gasteiger partial charge in [-0.25, -0.2) is 0 Å². The maximum Gasteiger partial charge on any atom is 0.0950 e. The molecule has 3 unspecified atom stereocenters. The van der Waals surface area contributed by atoms with Crippen LogP contribution < -0.4 is 5.32 Å². The van der Waals surface area contributed by atoms with E-state index in [1.807, 2.05) is 6.26 Å². The van der Waals surface area contributed by atoms with Crippen LogP contribution in [0.3, 0.4) is 0 Å². The standard InChI is InChI=1S/C12H19NOS2/c1-3-13-11(10-4-5-14-8-10)12-9(2)15-6-7-16-12/h4-5,8-9,11-13H,3,6-7H2,1-2H3. The van der Waals surface area contributed by atoms with Gasteiger partial charge in [-0.2, -0.15) is 23.5 Å². The molecule has 0 bridgehead atoms. The molecule has 0 saturated carbocycles. The molecule has 0 radical (unpaired) electrons. The molecular formula is C12H19NOS2. The van der Waals surface area contributed by atoms with Crippen LogP contribution in [0.5, 0.6) is 0 Å². The monoisotopic (exact) mass is 257 g/mol. The average Bonchev–Trinajstić information content (AvgIpc) is 2.80. The van der Waals surface area contributed by atoms with Gasteiger partial charge in [0.2, 0.25) is 0 Å². The van der Waals surface area contributed by atoms with Crippen LogP contribution in [-0.2, 0) is 0 Å². The molecule has 1 fully saturated rings. The molecule has 3 atom stereocenters. The SMILES string of the molecule is CCNC(c1ccoc1)C1SCCSC1C. The first kappa shape index (κ1) is 12.4. The highest BCUT2D eigenvalue weighted by molar-refractivity contribution is 8.07. The van der Waals surface area contributed by atoms with Crippen molar-refractivity contribution >= 4 is 23.5 Å². The third-order valence-corrected chi connectivity index (χ3v) is 6.09. The number of hydrogen-bond donors (Lipinski definition) is 1. The second kappa shape index (κ2) is 6.03. The highest BCUT2D eigenvalue weighted by Gasteiger charge is 2.31. The van der Waals surface area contributed by atoms with Crippen LogP contribution in [0.1, 0.15) is 25.5 Å². The van der Waals surface area contributed by atoms with E-state index in [0.29, 0.717) is 16.5 Å². The van der Waals surface area contributed by atoms with Crippen molar-refractivity contribution in [3.63, 3.8) is 0 Å². The fourth-order valence-electron chi connectivity index (χ4n) is 2.11. The predicted molar refractivity (Wildman–Crippen MR) is 73.3 cm³/mol. The summed E-state index contributed by atoms with van der Waals surface area (Å²) in [6.07, 6.45) is 3.64. The molecule has 2 heterocycles. The largest absolute Gasteiger partial charge is 0.472 e. The summed E-state index contributed by atoms with van der Waals surface area (Å²) in [5.74, 6) is 2.55. The van der Waals surface area contributed by atoms with Gasteiger partial charge >= 0.3 is 0 Å². The van der Waals surface area contributed by atoms with Crippen molar-refractivity contribution in [1.29, 1.82) is 0 Å². The molecule has 1 aromatic heterocycles. The lowest BCUT2D eigenvalue weighted by atomic mass is 10.0. The first-order valence-corrected chi connectivity index (χ1v) is 7.91. The van der Waals surface area contributed by atoms with Gasteiger partial charge in [0.25, 0.3) is 0 Å². The molecule has 0 spiro atoms. The van der Waals surface area contributed by atoms with Crippen LogP contribution in [0.2, 0.25) is 0 Å². The Hall–Kier alpha value is -0.0600. The molecule has 2 rings (SSSR count). The number of hydrogen-bond acceptors (Lipinski definition) is 4. The maximum absolute atomic E-state index is 5.21. The lowest BCUT2D eigenvalue weighted by Crippen LogP contribution is -2.37. The van der Waals surface area contributed by atoms with E-state index >= 15 is 0 Å². The van der Waals surface area contributed by atoms with E-state index in [2.05, 4.69) is 48.8 Å². The fourth-order valence-corrected chi connectivity index (χ4v) is 5.06. The van der Waals surface area contributed by atoms with Gasteiger partial charge in [-0.05, 0) is 12.6 Å². The third kappa shape index (κ3) is 2.79. The first-order valence-electron chi connectivity index (χ1n) is 5.81. The van der Waals surface area contributed by atoms with Crippen molar-refractivity contribution in [2.24, 2.45) is 0 Å². The van der Waals surface area contributed by atoms with Gasteiger partial charge in [0.15, 0.2) is 0 Å². The van der Waals surface area contributed by atoms with E-state index < -0.39 is 0 Å². The Kier molecular flexibility index (Phi) is 4.67. The average molecular weight is 257 g/mol. The minimum Gasteiger partial charge on any atom is -0.472 e. The number of thioether (sulfide) groups is 2. The zero-order valence-corrected chi connectivity index (χ0v) is 11.4. The number of furan rings is 1. The lowest BCUT2D eigenvalue weighted by molar-refractivity contribution is 0.509. The summed E-state index contributed by atoms with van der Waals surface area (Å²) in [5, 5.41) is 4.95. The molecule has 1 N–H and O–H groups in total. The van der Waals surface area contributed by atoms with Gasteiger partial charge in [0.05, 0.1) is 12.5 Å². The minimum atomic E-state index is 0.427. The van der Waals surface area contributed by atoms with Crippen molar-refractivity contribution in [3.05, 3.63) is 24.2 Å². The molecule has 4 heteroatoms. The van der Waals surface area contributed by atoms with Crippen LogP contribution in [0.15, 0.2) is 23.0 Å². The highest BCUT2D eigenvalue weighted by Crippen LogP contribution is 2.38. The summed E-state index contributed by atoms with van der Waals surface area (Å²) in [4.78, 5) is 0. The Balaban J connectivity index is 2.11. The molecule has 16 heavy (non-hydrogen) atoms. The van der Waals surface area contributed by atoms with Crippen LogP contribution in [0, 0.1) is 0 Å². The zero-order chi connectivity index (χ0) is 11.4. The second-order valence-electron chi connectivity index (χ2n) is 4.00. The summed E-state index contributed by atoms with van der Waals surface area (Å²) < 4.78 is 5.21. The van der Waals surface area contributed by atoms with Crippen molar-refractivity contribution in [1.82, 2.24) is 5.32 Å². The van der Waals surface area contributed by atoms with Gasteiger partial charge in [-0.3, -0.25) is 0 Å². The van der Waals surface area contributed by atoms with Crippen molar-refractivity contribution < 1.29 is 4.42 Å². The van der Waals surface area contributed by atoms with E-state index in [4.69, 9.17) is 4.42 Å². The summed E-state index contributed by atoms with van der Waals surface area (Å²) in [6, 6.07) is 2.51. The normalized spacial score (nSPS) is 27.9. The molecule has 1 saturated heterocycles. The van der Waals surface area contributed by atoms with E-state index in [1.54, 1.807) is 6.26 Å². The Morgan fingerprint density at radius 1 is 1.50 bits per heavy atom. The van der Waals surface area contributed by atoms with Gasteiger partial charge in [-0.15, -0.1) is 0 Å². The molecule has 2 nitrogen and oxygen atoms in total. The topological polar surface area (TPSA) is 25.2 Å². The Labute approximate surface area is 106 Å². The van der Waals surface area contributed by atoms with E-state index in [9.17, 15) is 0 Å². The van der Waals surface area contributed by atoms with E-state index in [-0.39, 0.29) is 0 Å². The first-order chi connectivity index (χ1) is 7.83. The van der Waals surface area contributed by atoms with Crippen LogP contribution in [0.25, 0.3) is 0 Å². The lowest BCUT2D eigenvalue weighted by Gasteiger charge is -2.34. The predicted octanol–water partition coefficient (Wildman–Crippen LogP) is 3.17. The fraction of sp³-hybridized carbons (Fsp3) is 0.667. The molecule has 90 valence electrons. The van der Waals surface area contributed by atoms with E-state index in [1.165, 1.54) is 17.1 Å². The summed E-state index contributed by atoms with van der Waals surface area (Å²) in [5.41, 5.74) is 1.29. The van der Waals surface area contributed by atoms with Crippen LogP contribution >= 0.6 is 23.5 Å². The molecule has 1 aromatic rings. The van der Waals surface area contributed by atoms with Crippen LogP contribution in [-0.4, -0.2) is 28.6 Å². The minimum absolute atomic E-state index is 0.427.